The molecule has 1 atom stereocenters. The zero-order chi connectivity index (χ0) is 22.1. The van der Waals surface area contributed by atoms with Crippen molar-refractivity contribution < 1.29 is 19.2 Å². The third kappa shape index (κ3) is 3.72. The molecule has 1 unspecified atom stereocenters. The predicted octanol–water partition coefficient (Wildman–Crippen LogP) is 0.129. The number of rotatable bonds is 3. The molecule has 10 nitrogen and oxygen atoms in total. The van der Waals surface area contributed by atoms with Gasteiger partial charge in [0.15, 0.2) is 0 Å². The van der Waals surface area contributed by atoms with Crippen molar-refractivity contribution in [2.24, 2.45) is 0 Å². The van der Waals surface area contributed by atoms with Crippen LogP contribution < -0.4 is 5.56 Å². The molecule has 0 saturated carbocycles. The molecule has 0 spiro atoms. The van der Waals surface area contributed by atoms with Crippen LogP contribution in [-0.4, -0.2) is 80.7 Å². The van der Waals surface area contributed by atoms with Crippen LogP contribution >= 0.6 is 0 Å². The lowest BCUT2D eigenvalue weighted by Crippen LogP contribution is -2.50. The molecule has 1 N–H and O–H groups in total. The van der Waals surface area contributed by atoms with Crippen LogP contribution in [0.1, 0.15) is 44.5 Å². The van der Waals surface area contributed by atoms with E-state index in [1.54, 1.807) is 41.0 Å². The molecule has 0 aliphatic carbocycles. The minimum atomic E-state index is -0.949. The number of nitrogens with one attached hydrogen (secondary N) is 1. The second kappa shape index (κ2) is 8.13. The average molecular weight is 423 g/mol. The highest BCUT2D eigenvalue weighted by molar-refractivity contribution is 6.22. The summed E-state index contributed by atoms with van der Waals surface area (Å²) in [6.07, 6.45) is 0.537. The van der Waals surface area contributed by atoms with E-state index in [1.807, 2.05) is 0 Å². The van der Waals surface area contributed by atoms with E-state index < -0.39 is 23.4 Å². The van der Waals surface area contributed by atoms with Crippen molar-refractivity contribution in [1.82, 2.24) is 24.9 Å². The van der Waals surface area contributed by atoms with Crippen molar-refractivity contribution in [1.29, 1.82) is 0 Å². The Bertz CT molecular complexity index is 1070. The minimum Gasteiger partial charge on any atom is -0.339 e. The third-order valence-corrected chi connectivity index (χ3v) is 5.56. The zero-order valence-electron chi connectivity index (χ0n) is 16.9. The number of nitrogens with zero attached hydrogens (tertiary/aromatic N) is 4. The maximum absolute atomic E-state index is 13.1. The average Bonchev–Trinajstić information content (AvgIpc) is 2.93. The van der Waals surface area contributed by atoms with E-state index in [-0.39, 0.29) is 30.6 Å². The molecule has 3 heterocycles. The number of H-pyrrole nitrogens is 1. The van der Waals surface area contributed by atoms with Crippen LogP contribution in [0.3, 0.4) is 0 Å². The largest absolute Gasteiger partial charge is 0.339 e. The first-order valence-corrected chi connectivity index (χ1v) is 9.99. The number of carbonyl (C=O) groups excluding carboxylic acids is 4. The highest BCUT2D eigenvalue weighted by Crippen LogP contribution is 2.25. The van der Waals surface area contributed by atoms with Crippen LogP contribution in [0.2, 0.25) is 0 Å². The van der Waals surface area contributed by atoms with Crippen LogP contribution in [0.25, 0.3) is 0 Å². The van der Waals surface area contributed by atoms with Gasteiger partial charge in [-0.05, 0) is 31.5 Å². The first-order chi connectivity index (χ1) is 14.9. The second-order valence-corrected chi connectivity index (χ2v) is 7.48. The molecule has 10 heteroatoms. The number of imide groups is 1. The molecule has 31 heavy (non-hydrogen) atoms. The molecule has 0 radical (unpaired) electrons. The molecule has 4 amide bonds. The van der Waals surface area contributed by atoms with Crippen molar-refractivity contribution in [3.63, 3.8) is 0 Å². The fraction of sp³-hybridized carbons (Fsp3) is 0.333. The van der Waals surface area contributed by atoms with Gasteiger partial charge in [-0.25, -0.2) is 5.10 Å². The molecule has 2 aliphatic rings. The molecular formula is C21H21N5O5. The normalized spacial score (nSPS) is 17.4. The van der Waals surface area contributed by atoms with Gasteiger partial charge in [-0.1, -0.05) is 12.1 Å². The molecule has 1 fully saturated rings. The number of fused-ring (bicyclic) bond motifs is 1. The van der Waals surface area contributed by atoms with Gasteiger partial charge in [0.25, 0.3) is 23.3 Å². The molecular weight excluding hydrogens is 402 g/mol. The molecule has 0 bridgehead atoms. The number of benzene rings is 1. The van der Waals surface area contributed by atoms with Gasteiger partial charge in [-0.15, -0.1) is 0 Å². The third-order valence-electron chi connectivity index (χ3n) is 5.56. The minimum absolute atomic E-state index is 0.124. The molecule has 4 rings (SSSR count). The smallest absolute Gasteiger partial charge is 0.274 e. The monoisotopic (exact) mass is 423 g/mol. The van der Waals surface area contributed by atoms with E-state index in [2.05, 4.69) is 10.2 Å². The summed E-state index contributed by atoms with van der Waals surface area (Å²) in [6.45, 7) is 2.91. The SMILES string of the molecule is CC(C(=O)N1CCCN(C(=O)c2ccc(=O)[nH]n2)CC1)N1C(=O)c2ccccc2C1=O. The quantitative estimate of drug-likeness (QED) is 0.700. The van der Waals surface area contributed by atoms with E-state index in [0.717, 1.165) is 4.90 Å². The Balaban J connectivity index is 1.43. The maximum atomic E-state index is 13.1. The van der Waals surface area contributed by atoms with Crippen molar-refractivity contribution in [2.45, 2.75) is 19.4 Å². The van der Waals surface area contributed by atoms with Gasteiger partial charge in [0.2, 0.25) is 5.91 Å². The Kier molecular flexibility index (Phi) is 5.37. The second-order valence-electron chi connectivity index (χ2n) is 7.48. The number of hydrogen-bond donors (Lipinski definition) is 1. The number of carbonyl (C=O) groups is 4. The Morgan fingerprint density at radius 3 is 2.13 bits per heavy atom. The standard InChI is InChI=1S/C21H21N5O5/c1-13(26-19(29)14-5-2-3-6-15(14)20(26)30)18(28)24-9-4-10-25(12-11-24)21(31)16-7-8-17(27)23-22-16/h2-3,5-8,13H,4,9-12H2,1H3,(H,23,27). The van der Waals surface area contributed by atoms with Crippen LogP contribution in [-0.2, 0) is 4.79 Å². The Morgan fingerprint density at radius 1 is 0.903 bits per heavy atom. The number of hydrogen-bond acceptors (Lipinski definition) is 6. The molecule has 1 aromatic heterocycles. The molecule has 2 aromatic rings. The van der Waals surface area contributed by atoms with Gasteiger partial charge in [0, 0.05) is 32.2 Å². The van der Waals surface area contributed by atoms with Crippen LogP contribution in [0.5, 0.6) is 0 Å². The summed E-state index contributed by atoms with van der Waals surface area (Å²) in [5.41, 5.74) is 0.325. The lowest BCUT2D eigenvalue weighted by molar-refractivity contribution is -0.134. The maximum Gasteiger partial charge on any atom is 0.274 e. The summed E-state index contributed by atoms with van der Waals surface area (Å²) in [5.74, 6) is -1.63. The zero-order valence-corrected chi connectivity index (χ0v) is 16.9. The van der Waals surface area contributed by atoms with Crippen LogP contribution in [0.4, 0.5) is 0 Å². The molecule has 2 aliphatic heterocycles. The predicted molar refractivity (Wildman–Crippen MR) is 108 cm³/mol. The highest BCUT2D eigenvalue weighted by Gasteiger charge is 2.42. The first kappa shape index (κ1) is 20.5. The van der Waals surface area contributed by atoms with Crippen molar-refractivity contribution in [3.8, 4) is 0 Å². The fourth-order valence-corrected chi connectivity index (χ4v) is 3.90. The summed E-state index contributed by atoms with van der Waals surface area (Å²) >= 11 is 0. The van der Waals surface area contributed by atoms with E-state index in [9.17, 15) is 24.0 Å². The van der Waals surface area contributed by atoms with Crippen LogP contribution in [0, 0.1) is 0 Å². The lowest BCUT2D eigenvalue weighted by atomic mass is 10.1. The summed E-state index contributed by atoms with van der Waals surface area (Å²) in [6, 6.07) is 8.15. The van der Waals surface area contributed by atoms with Gasteiger partial charge >= 0.3 is 0 Å². The van der Waals surface area contributed by atoms with E-state index >= 15 is 0 Å². The van der Waals surface area contributed by atoms with Gasteiger partial charge < -0.3 is 9.80 Å². The number of aromatic amines is 1. The van der Waals surface area contributed by atoms with Gasteiger partial charge in [0.05, 0.1) is 11.1 Å². The summed E-state index contributed by atoms with van der Waals surface area (Å²) in [5, 5.41) is 6.00. The lowest BCUT2D eigenvalue weighted by Gasteiger charge is -2.28. The number of aromatic nitrogens is 2. The van der Waals surface area contributed by atoms with E-state index in [4.69, 9.17) is 0 Å². The Hall–Kier alpha value is -3.82. The van der Waals surface area contributed by atoms with Crippen LogP contribution in [0.15, 0.2) is 41.2 Å². The first-order valence-electron chi connectivity index (χ1n) is 9.99. The van der Waals surface area contributed by atoms with E-state index in [0.29, 0.717) is 30.6 Å². The van der Waals surface area contributed by atoms with Crippen molar-refractivity contribution >= 4 is 23.6 Å². The van der Waals surface area contributed by atoms with Crippen molar-refractivity contribution in [2.75, 3.05) is 26.2 Å². The summed E-state index contributed by atoms with van der Waals surface area (Å²) < 4.78 is 0. The highest BCUT2D eigenvalue weighted by atomic mass is 16.2. The van der Waals surface area contributed by atoms with Crippen molar-refractivity contribution in [3.05, 3.63) is 63.6 Å². The number of amides is 4. The van der Waals surface area contributed by atoms with Gasteiger partial charge in [0.1, 0.15) is 11.7 Å². The van der Waals surface area contributed by atoms with Gasteiger partial charge in [-0.3, -0.25) is 28.9 Å². The van der Waals surface area contributed by atoms with Gasteiger partial charge in [-0.2, -0.15) is 5.10 Å². The molecule has 1 aromatic carbocycles. The summed E-state index contributed by atoms with van der Waals surface area (Å²) in [4.78, 5) is 66.4. The topological polar surface area (TPSA) is 124 Å². The Morgan fingerprint density at radius 2 is 1.52 bits per heavy atom. The molecule has 1 saturated heterocycles. The fourth-order valence-electron chi connectivity index (χ4n) is 3.90. The summed E-state index contributed by atoms with van der Waals surface area (Å²) in [7, 11) is 0. The molecule has 160 valence electrons. The Labute approximate surface area is 177 Å². The van der Waals surface area contributed by atoms with E-state index in [1.165, 1.54) is 12.1 Å².